The van der Waals surface area contributed by atoms with Gasteiger partial charge in [-0.15, -0.1) is 0 Å². The summed E-state index contributed by atoms with van der Waals surface area (Å²) in [6, 6.07) is 0. The summed E-state index contributed by atoms with van der Waals surface area (Å²) < 4.78 is 1.38. The highest BCUT2D eigenvalue weighted by Crippen LogP contribution is 2.09. The van der Waals surface area contributed by atoms with E-state index in [0.29, 0.717) is 5.82 Å². The number of aliphatic hydroxyl groups excluding tert-OH is 1. The van der Waals surface area contributed by atoms with Gasteiger partial charge in [-0.3, -0.25) is 9.36 Å². The van der Waals surface area contributed by atoms with E-state index in [9.17, 15) is 14.9 Å². The quantitative estimate of drug-likeness (QED) is 0.506. The monoisotopic (exact) mass is 228 g/mol. The first-order chi connectivity index (χ1) is 7.54. The molecule has 16 heavy (non-hydrogen) atoms. The van der Waals surface area contributed by atoms with Crippen molar-refractivity contribution >= 4 is 11.7 Å². The molecule has 8 nitrogen and oxygen atoms in total. The fraction of sp³-hybridized carbons (Fsp3) is 0.500. The number of nitro groups is 1. The van der Waals surface area contributed by atoms with Crippen LogP contribution in [0, 0.1) is 17.0 Å². The highest BCUT2D eigenvalue weighted by Gasteiger charge is 2.16. The average Bonchev–Trinajstić information content (AvgIpc) is 2.57. The Balaban J connectivity index is 2.66. The van der Waals surface area contributed by atoms with Crippen molar-refractivity contribution in [2.75, 3.05) is 13.2 Å². The maximum Gasteiger partial charge on any atom is 0.381 e. The molecule has 0 radical (unpaired) electrons. The fourth-order valence-electron chi connectivity index (χ4n) is 1.15. The van der Waals surface area contributed by atoms with Gasteiger partial charge in [0.15, 0.2) is 0 Å². The molecule has 1 amide bonds. The largest absolute Gasteiger partial charge is 0.395 e. The van der Waals surface area contributed by atoms with Crippen molar-refractivity contribution in [3.05, 3.63) is 22.1 Å². The Labute approximate surface area is 91.1 Å². The number of carbonyl (C=O) groups is 1. The van der Waals surface area contributed by atoms with Gasteiger partial charge in [0.1, 0.15) is 12.7 Å². The first kappa shape index (κ1) is 12.1. The van der Waals surface area contributed by atoms with E-state index in [1.165, 1.54) is 10.8 Å². The Hall–Kier alpha value is -1.96. The molecule has 1 aromatic rings. The van der Waals surface area contributed by atoms with Crippen LogP contribution in [0.1, 0.15) is 5.82 Å². The minimum atomic E-state index is -0.616. The first-order valence-electron chi connectivity index (χ1n) is 4.60. The third-order valence-electron chi connectivity index (χ3n) is 1.90. The zero-order valence-corrected chi connectivity index (χ0v) is 8.71. The first-order valence-corrected chi connectivity index (χ1v) is 4.60. The van der Waals surface area contributed by atoms with E-state index in [2.05, 4.69) is 10.3 Å². The lowest BCUT2D eigenvalue weighted by molar-refractivity contribution is -0.389. The van der Waals surface area contributed by atoms with Crippen molar-refractivity contribution in [1.82, 2.24) is 14.9 Å². The van der Waals surface area contributed by atoms with Crippen LogP contribution in [-0.4, -0.2) is 38.6 Å². The summed E-state index contributed by atoms with van der Waals surface area (Å²) in [5.74, 6) is -0.220. The summed E-state index contributed by atoms with van der Waals surface area (Å²) in [6.45, 7) is 1.54. The second kappa shape index (κ2) is 5.21. The maximum atomic E-state index is 11.3. The molecule has 8 heteroatoms. The van der Waals surface area contributed by atoms with Crippen molar-refractivity contribution < 1.29 is 14.8 Å². The molecule has 2 N–H and O–H groups in total. The van der Waals surface area contributed by atoms with Gasteiger partial charge in [-0.25, -0.2) is 0 Å². The van der Waals surface area contributed by atoms with E-state index >= 15 is 0 Å². The lowest BCUT2D eigenvalue weighted by atomic mass is 10.5. The number of hydrogen-bond acceptors (Lipinski definition) is 5. The zero-order chi connectivity index (χ0) is 12.1. The summed E-state index contributed by atoms with van der Waals surface area (Å²) in [7, 11) is 0. The molecule has 0 aliphatic rings. The normalized spacial score (nSPS) is 10.1. The third-order valence-corrected chi connectivity index (χ3v) is 1.90. The van der Waals surface area contributed by atoms with E-state index in [4.69, 9.17) is 5.11 Å². The van der Waals surface area contributed by atoms with Crippen LogP contribution >= 0.6 is 0 Å². The number of hydrogen-bond donors (Lipinski definition) is 2. The van der Waals surface area contributed by atoms with Crippen LogP contribution < -0.4 is 5.32 Å². The second-order valence-corrected chi connectivity index (χ2v) is 3.10. The Bertz CT molecular complexity index is 401. The lowest BCUT2D eigenvalue weighted by Gasteiger charge is -2.03. The Morgan fingerprint density at radius 3 is 2.94 bits per heavy atom. The molecule has 1 rings (SSSR count). The van der Waals surface area contributed by atoms with Crippen LogP contribution in [0.5, 0.6) is 0 Å². The number of carbonyl (C=O) groups excluding carboxylic acids is 1. The van der Waals surface area contributed by atoms with Crippen LogP contribution in [-0.2, 0) is 11.3 Å². The molecule has 1 aromatic heterocycles. The molecule has 88 valence electrons. The highest BCUT2D eigenvalue weighted by atomic mass is 16.6. The van der Waals surface area contributed by atoms with Crippen molar-refractivity contribution in [2.24, 2.45) is 0 Å². The summed E-state index contributed by atoms with van der Waals surface area (Å²) in [6.07, 6.45) is 1.20. The zero-order valence-electron chi connectivity index (χ0n) is 8.71. The van der Waals surface area contributed by atoms with E-state index in [-0.39, 0.29) is 31.4 Å². The van der Waals surface area contributed by atoms with Gasteiger partial charge >= 0.3 is 5.82 Å². The van der Waals surface area contributed by atoms with Crippen LogP contribution in [0.2, 0.25) is 0 Å². The summed E-state index contributed by atoms with van der Waals surface area (Å²) in [4.78, 5) is 24.7. The predicted octanol–water partition coefficient (Wildman–Crippen LogP) is -0.792. The van der Waals surface area contributed by atoms with E-state index in [0.717, 1.165) is 0 Å². The van der Waals surface area contributed by atoms with Gasteiger partial charge in [-0.1, -0.05) is 0 Å². The van der Waals surface area contributed by atoms with Gasteiger partial charge in [0.2, 0.25) is 11.7 Å². The van der Waals surface area contributed by atoms with Crippen LogP contribution in [0.15, 0.2) is 6.20 Å². The topological polar surface area (TPSA) is 110 Å². The Morgan fingerprint density at radius 1 is 1.75 bits per heavy atom. The van der Waals surface area contributed by atoms with Crippen LogP contribution in [0.3, 0.4) is 0 Å². The van der Waals surface area contributed by atoms with Crippen molar-refractivity contribution in [2.45, 2.75) is 13.5 Å². The van der Waals surface area contributed by atoms with Gasteiger partial charge in [0.25, 0.3) is 0 Å². The smallest absolute Gasteiger partial charge is 0.381 e. The number of nitrogens with one attached hydrogen (secondary N) is 1. The summed E-state index contributed by atoms with van der Waals surface area (Å²) in [5, 5.41) is 21.3. The molecule has 0 unspecified atom stereocenters. The minimum absolute atomic E-state index is 0.0489. The molecule has 0 spiro atoms. The SMILES string of the molecule is Cc1nc([N+](=O)[O-])cn1CC(=O)NCCO. The molecule has 0 aliphatic carbocycles. The van der Waals surface area contributed by atoms with E-state index in [1.807, 2.05) is 0 Å². The molecule has 0 aromatic carbocycles. The number of aliphatic hydroxyl groups is 1. The molecule has 0 atom stereocenters. The van der Waals surface area contributed by atoms with Gasteiger partial charge in [-0.05, 0) is 9.91 Å². The highest BCUT2D eigenvalue weighted by molar-refractivity contribution is 5.75. The van der Waals surface area contributed by atoms with Crippen molar-refractivity contribution in [3.63, 3.8) is 0 Å². The molecular formula is C8H12N4O4. The second-order valence-electron chi connectivity index (χ2n) is 3.10. The van der Waals surface area contributed by atoms with E-state index < -0.39 is 4.92 Å². The summed E-state index contributed by atoms with van der Waals surface area (Å²) in [5.41, 5.74) is 0. The molecular weight excluding hydrogens is 216 g/mol. The third kappa shape index (κ3) is 3.02. The Kier molecular flexibility index (Phi) is 3.95. The molecule has 1 heterocycles. The van der Waals surface area contributed by atoms with Crippen LogP contribution in [0.25, 0.3) is 0 Å². The molecule has 0 aliphatic heterocycles. The Morgan fingerprint density at radius 2 is 2.44 bits per heavy atom. The number of nitrogens with zero attached hydrogens (tertiary/aromatic N) is 3. The number of amides is 1. The van der Waals surface area contributed by atoms with Crippen molar-refractivity contribution in [3.8, 4) is 0 Å². The maximum absolute atomic E-state index is 11.3. The fourth-order valence-corrected chi connectivity index (χ4v) is 1.15. The average molecular weight is 228 g/mol. The number of aromatic nitrogens is 2. The standard InChI is InChI=1S/C8H12N4O4/c1-6-10-7(12(15)16)4-11(6)5-8(14)9-2-3-13/h4,13H,2-3,5H2,1H3,(H,9,14). The van der Waals surface area contributed by atoms with E-state index in [1.54, 1.807) is 6.92 Å². The number of rotatable bonds is 5. The van der Waals surface area contributed by atoms with Crippen LogP contribution in [0.4, 0.5) is 5.82 Å². The minimum Gasteiger partial charge on any atom is -0.395 e. The van der Waals surface area contributed by atoms with Gasteiger partial charge in [-0.2, -0.15) is 0 Å². The molecule has 0 bridgehead atoms. The van der Waals surface area contributed by atoms with Gasteiger partial charge in [0.05, 0.1) is 6.61 Å². The molecule has 0 fully saturated rings. The predicted molar refractivity (Wildman–Crippen MR) is 53.7 cm³/mol. The van der Waals surface area contributed by atoms with Gasteiger partial charge < -0.3 is 20.5 Å². The lowest BCUT2D eigenvalue weighted by Crippen LogP contribution is -2.30. The summed E-state index contributed by atoms with van der Waals surface area (Å²) >= 11 is 0. The number of imidazole rings is 1. The molecule has 0 saturated carbocycles. The van der Waals surface area contributed by atoms with Gasteiger partial charge in [0, 0.05) is 13.5 Å². The number of aryl methyl sites for hydroxylation is 1. The van der Waals surface area contributed by atoms with Crippen molar-refractivity contribution in [1.29, 1.82) is 0 Å². The molecule has 0 saturated heterocycles.